The lowest BCUT2D eigenvalue weighted by Crippen LogP contribution is -2.50. The number of amides is 1. The number of aliphatic hydroxyl groups is 2. The average Bonchev–Trinajstić information content (AvgIpc) is 3.58. The third-order valence-electron chi connectivity index (χ3n) is 7.43. The molecule has 9 nitrogen and oxygen atoms in total. The Morgan fingerprint density at radius 1 is 1.12 bits per heavy atom. The number of hydrogen-bond donors (Lipinski definition) is 3. The summed E-state index contributed by atoms with van der Waals surface area (Å²) < 4.78 is 24.6. The molecule has 0 saturated carbocycles. The standard InChI is InChI=1S/C31H44N2O7S/c1-5-41(25-12-10-24(37-4)11-13-25)33(17-21(2)3)18-28(35)27(16-22-6-8-23(19-34)9-7-22)32-31(36)40-29-20-39-30-26(29)14-15-38-30/h5-13,21,26-30,34-35H,14-20H2,1-4H3,(H,32,36)/t26-,27-,28+,29-,30+,41?/m0/s1. The second-order valence-corrected chi connectivity index (χ2v) is 13.0. The zero-order chi connectivity index (χ0) is 29.4. The predicted molar refractivity (Wildman–Crippen MR) is 160 cm³/mol. The van der Waals surface area contributed by atoms with E-state index in [2.05, 4.69) is 41.0 Å². The molecule has 2 aromatic carbocycles. The summed E-state index contributed by atoms with van der Waals surface area (Å²) in [5.41, 5.74) is 1.74. The lowest BCUT2D eigenvalue weighted by atomic mass is 10.00. The van der Waals surface area contributed by atoms with Crippen molar-refractivity contribution in [2.45, 2.75) is 69.7 Å². The second-order valence-electron chi connectivity index (χ2n) is 10.9. The summed E-state index contributed by atoms with van der Waals surface area (Å²) in [7, 11) is 1.27. The van der Waals surface area contributed by atoms with Crippen LogP contribution in [-0.4, -0.2) is 83.9 Å². The number of fused-ring (bicyclic) bond motifs is 1. The fourth-order valence-corrected chi connectivity index (χ4v) is 7.37. The molecule has 0 radical (unpaired) electrons. The van der Waals surface area contributed by atoms with Crippen molar-refractivity contribution in [3.8, 4) is 5.75 Å². The van der Waals surface area contributed by atoms with Gasteiger partial charge in [-0.25, -0.2) is 9.10 Å². The Morgan fingerprint density at radius 3 is 2.46 bits per heavy atom. The van der Waals surface area contributed by atoms with E-state index in [-0.39, 0.29) is 35.6 Å². The summed E-state index contributed by atoms with van der Waals surface area (Å²) in [6.45, 7) is 8.32. The van der Waals surface area contributed by atoms with Crippen molar-refractivity contribution < 1.29 is 34.0 Å². The summed E-state index contributed by atoms with van der Waals surface area (Å²) >= 11 is 0. The maximum absolute atomic E-state index is 13.1. The van der Waals surface area contributed by atoms with Gasteiger partial charge in [-0.3, -0.25) is 0 Å². The van der Waals surface area contributed by atoms with Gasteiger partial charge in [-0.15, -0.1) is 0 Å². The van der Waals surface area contributed by atoms with Gasteiger partial charge in [0.1, 0.15) is 11.9 Å². The van der Waals surface area contributed by atoms with E-state index in [9.17, 15) is 15.0 Å². The fraction of sp³-hybridized carbons (Fsp3) is 0.548. The van der Waals surface area contributed by atoms with Gasteiger partial charge in [0.25, 0.3) is 0 Å². The van der Waals surface area contributed by atoms with Gasteiger partial charge in [-0.05, 0) is 66.4 Å². The normalized spacial score (nSPS) is 22.5. The highest BCUT2D eigenvalue weighted by Gasteiger charge is 2.44. The molecule has 0 bridgehead atoms. The predicted octanol–water partition coefficient (Wildman–Crippen LogP) is 3.97. The molecule has 226 valence electrons. The van der Waals surface area contributed by atoms with E-state index in [1.807, 2.05) is 43.3 Å². The highest BCUT2D eigenvalue weighted by molar-refractivity contribution is 8.13. The summed E-state index contributed by atoms with van der Waals surface area (Å²) in [5.74, 6) is 1.19. The van der Waals surface area contributed by atoms with Crippen LogP contribution < -0.4 is 10.1 Å². The molecule has 2 fully saturated rings. The highest BCUT2D eigenvalue weighted by Crippen LogP contribution is 2.34. The van der Waals surface area contributed by atoms with Crippen molar-refractivity contribution in [1.82, 2.24) is 9.62 Å². The molecular weight excluding hydrogens is 544 g/mol. The molecule has 4 rings (SSSR count). The summed E-state index contributed by atoms with van der Waals surface area (Å²) in [5, 5.41) is 26.2. The first-order chi connectivity index (χ1) is 19.8. The van der Waals surface area contributed by atoms with Gasteiger partial charge < -0.3 is 34.5 Å². The third kappa shape index (κ3) is 8.53. The number of alkyl carbamates (subject to hydrolysis) is 1. The van der Waals surface area contributed by atoms with E-state index in [0.717, 1.165) is 34.7 Å². The Kier molecular flexibility index (Phi) is 11.6. The van der Waals surface area contributed by atoms with E-state index in [1.165, 1.54) is 0 Å². The van der Waals surface area contributed by atoms with E-state index in [4.69, 9.17) is 18.9 Å². The molecule has 2 aliphatic rings. The van der Waals surface area contributed by atoms with Crippen LogP contribution in [0, 0.1) is 11.8 Å². The molecule has 10 heteroatoms. The zero-order valence-corrected chi connectivity index (χ0v) is 25.2. The van der Waals surface area contributed by atoms with Gasteiger partial charge >= 0.3 is 6.09 Å². The molecule has 2 aromatic rings. The smallest absolute Gasteiger partial charge is 0.407 e. The van der Waals surface area contributed by atoms with Gasteiger partial charge in [-0.1, -0.05) is 48.8 Å². The molecular formula is C31H44N2O7S. The zero-order valence-electron chi connectivity index (χ0n) is 24.4. The minimum atomic E-state index is -0.880. The van der Waals surface area contributed by atoms with Gasteiger partial charge in [0, 0.05) is 18.0 Å². The molecule has 3 N–H and O–H groups in total. The molecule has 2 heterocycles. The summed E-state index contributed by atoms with van der Waals surface area (Å²) in [4.78, 5) is 14.2. The lowest BCUT2D eigenvalue weighted by Gasteiger charge is -2.33. The van der Waals surface area contributed by atoms with Crippen LogP contribution in [0.5, 0.6) is 5.75 Å². The van der Waals surface area contributed by atoms with Crippen molar-refractivity contribution in [1.29, 1.82) is 0 Å². The molecule has 1 unspecified atom stereocenters. The number of rotatable bonds is 13. The van der Waals surface area contributed by atoms with Crippen molar-refractivity contribution >= 4 is 22.1 Å². The van der Waals surface area contributed by atoms with Crippen LogP contribution in [-0.2, 0) is 27.2 Å². The SMILES string of the molecule is C/C=S(/c1ccc(OC)cc1)N(CC(C)C)C[C@@H](O)[C@H](Cc1ccc(CO)cc1)NC(=O)O[C@H]1CO[C@H]2OCC[C@H]21. The van der Waals surface area contributed by atoms with Crippen LogP contribution >= 0.6 is 10.7 Å². The molecule has 1 amide bonds. The third-order valence-corrected chi connectivity index (χ3v) is 9.49. The topological polar surface area (TPSA) is 110 Å². The number of aliphatic hydroxyl groups excluding tert-OH is 2. The second kappa shape index (κ2) is 15.1. The van der Waals surface area contributed by atoms with Gasteiger partial charge in [0.05, 0.1) is 45.0 Å². The van der Waals surface area contributed by atoms with Gasteiger partial charge in [0.15, 0.2) is 6.29 Å². The molecule has 0 spiro atoms. The van der Waals surface area contributed by atoms with Gasteiger partial charge in [0.2, 0.25) is 0 Å². The molecule has 6 atom stereocenters. The quantitative estimate of drug-likeness (QED) is 0.302. The first-order valence-electron chi connectivity index (χ1n) is 14.3. The van der Waals surface area contributed by atoms with Crippen molar-refractivity contribution in [2.24, 2.45) is 11.8 Å². The maximum atomic E-state index is 13.1. The van der Waals surface area contributed by atoms with Crippen LogP contribution in [0.25, 0.3) is 0 Å². The number of nitrogens with one attached hydrogen (secondary N) is 1. The van der Waals surface area contributed by atoms with Gasteiger partial charge in [-0.2, -0.15) is 0 Å². The fourth-order valence-electron chi connectivity index (χ4n) is 5.32. The number of benzene rings is 2. The van der Waals surface area contributed by atoms with Crippen LogP contribution in [0.3, 0.4) is 0 Å². The average molecular weight is 589 g/mol. The number of carbonyl (C=O) groups excluding carboxylic acids is 1. The monoisotopic (exact) mass is 588 g/mol. The van der Waals surface area contributed by atoms with Crippen LogP contribution in [0.2, 0.25) is 0 Å². The summed E-state index contributed by atoms with van der Waals surface area (Å²) in [6, 6.07) is 14.9. The Balaban J connectivity index is 1.52. The van der Waals surface area contributed by atoms with Crippen LogP contribution in [0.15, 0.2) is 53.4 Å². The highest BCUT2D eigenvalue weighted by atomic mass is 32.2. The minimum Gasteiger partial charge on any atom is -0.497 e. The number of ether oxygens (including phenoxy) is 4. The molecule has 0 aliphatic carbocycles. The van der Waals surface area contributed by atoms with Crippen LogP contribution in [0.1, 0.15) is 38.3 Å². The lowest BCUT2D eigenvalue weighted by molar-refractivity contribution is -0.0907. The Hall–Kier alpha value is -2.47. The Bertz CT molecular complexity index is 1140. The van der Waals surface area contributed by atoms with E-state index in [0.29, 0.717) is 32.1 Å². The molecule has 0 aromatic heterocycles. The van der Waals surface area contributed by atoms with E-state index >= 15 is 0 Å². The van der Waals surface area contributed by atoms with Crippen LogP contribution in [0.4, 0.5) is 4.79 Å². The van der Waals surface area contributed by atoms with Crippen molar-refractivity contribution in [3.63, 3.8) is 0 Å². The number of methoxy groups -OCH3 is 1. The van der Waals surface area contributed by atoms with E-state index < -0.39 is 18.2 Å². The number of carbonyl (C=O) groups is 1. The summed E-state index contributed by atoms with van der Waals surface area (Å²) in [6.07, 6.45) is -0.956. The maximum Gasteiger partial charge on any atom is 0.407 e. The molecule has 2 aliphatic heterocycles. The van der Waals surface area contributed by atoms with E-state index in [1.54, 1.807) is 7.11 Å². The minimum absolute atomic E-state index is 0.0308. The van der Waals surface area contributed by atoms with Crippen molar-refractivity contribution in [3.05, 3.63) is 59.7 Å². The van der Waals surface area contributed by atoms with Crippen molar-refractivity contribution in [2.75, 3.05) is 33.4 Å². The first kappa shape index (κ1) is 31.5. The number of hydrogen-bond acceptors (Lipinski definition) is 8. The number of nitrogens with zero attached hydrogens (tertiary/aromatic N) is 1. The Labute approximate surface area is 245 Å². The molecule has 2 saturated heterocycles. The largest absolute Gasteiger partial charge is 0.497 e. The first-order valence-corrected chi connectivity index (χ1v) is 15.5. The Morgan fingerprint density at radius 2 is 1.83 bits per heavy atom. The molecule has 41 heavy (non-hydrogen) atoms.